The summed E-state index contributed by atoms with van der Waals surface area (Å²) in [6, 6.07) is 1.90. The van der Waals surface area contributed by atoms with Crippen molar-refractivity contribution in [1.82, 2.24) is 9.97 Å². The van der Waals surface area contributed by atoms with Gasteiger partial charge in [0, 0.05) is 6.54 Å². The molecule has 2 rings (SSSR count). The van der Waals surface area contributed by atoms with E-state index in [0.717, 1.165) is 28.6 Å². The van der Waals surface area contributed by atoms with Crippen molar-refractivity contribution < 1.29 is 4.42 Å². The molecule has 2 aromatic heterocycles. The first-order valence-electron chi connectivity index (χ1n) is 5.69. The summed E-state index contributed by atoms with van der Waals surface area (Å²) in [6.45, 7) is 4.84. The predicted molar refractivity (Wildman–Crippen MR) is 73.4 cm³/mol. The first-order valence-corrected chi connectivity index (χ1v) is 6.88. The standard InChI is InChI=1S/C12H14ClN3OS/c1-3-5-14-12-15-7-9(13)11(16-12)18-10-4-6-17-8(10)2/h4,6-7H,3,5H2,1-2H3,(H,14,15,16). The van der Waals surface area contributed by atoms with Crippen LogP contribution < -0.4 is 5.32 Å². The smallest absolute Gasteiger partial charge is 0.223 e. The fourth-order valence-corrected chi connectivity index (χ4v) is 2.34. The molecule has 0 atom stereocenters. The van der Waals surface area contributed by atoms with Crippen LogP contribution in [-0.2, 0) is 0 Å². The van der Waals surface area contributed by atoms with E-state index in [0.29, 0.717) is 11.0 Å². The zero-order valence-electron chi connectivity index (χ0n) is 10.2. The van der Waals surface area contributed by atoms with Crippen LogP contribution in [-0.4, -0.2) is 16.5 Å². The van der Waals surface area contributed by atoms with Gasteiger partial charge in [-0.05, 0) is 19.4 Å². The fourth-order valence-electron chi connectivity index (χ4n) is 1.33. The summed E-state index contributed by atoms with van der Waals surface area (Å²) in [6.07, 6.45) is 4.29. The molecule has 0 radical (unpaired) electrons. The summed E-state index contributed by atoms with van der Waals surface area (Å²) in [5, 5.41) is 4.41. The molecule has 96 valence electrons. The van der Waals surface area contributed by atoms with Gasteiger partial charge in [0.2, 0.25) is 5.95 Å². The number of halogens is 1. The van der Waals surface area contributed by atoms with Gasteiger partial charge in [-0.15, -0.1) is 0 Å². The first-order chi connectivity index (χ1) is 8.70. The topological polar surface area (TPSA) is 51.0 Å². The van der Waals surface area contributed by atoms with E-state index in [4.69, 9.17) is 16.0 Å². The van der Waals surface area contributed by atoms with Gasteiger partial charge in [-0.3, -0.25) is 0 Å². The molecule has 0 bridgehead atoms. The van der Waals surface area contributed by atoms with Gasteiger partial charge in [0.15, 0.2) is 0 Å². The number of hydrogen-bond donors (Lipinski definition) is 1. The van der Waals surface area contributed by atoms with E-state index >= 15 is 0 Å². The maximum absolute atomic E-state index is 6.10. The Bertz CT molecular complexity index is 530. The van der Waals surface area contributed by atoms with Crippen molar-refractivity contribution in [3.05, 3.63) is 29.3 Å². The number of nitrogens with one attached hydrogen (secondary N) is 1. The summed E-state index contributed by atoms with van der Waals surface area (Å²) < 4.78 is 5.25. The van der Waals surface area contributed by atoms with Gasteiger partial charge in [0.25, 0.3) is 0 Å². The molecule has 0 fully saturated rings. The normalized spacial score (nSPS) is 10.6. The Morgan fingerprint density at radius 1 is 1.50 bits per heavy atom. The average Bonchev–Trinajstić information content (AvgIpc) is 2.76. The Morgan fingerprint density at radius 2 is 2.33 bits per heavy atom. The SMILES string of the molecule is CCCNc1ncc(Cl)c(Sc2ccoc2C)n1. The number of aromatic nitrogens is 2. The third kappa shape index (κ3) is 3.17. The average molecular weight is 284 g/mol. The van der Waals surface area contributed by atoms with Crippen LogP contribution >= 0.6 is 23.4 Å². The molecule has 0 aliphatic heterocycles. The second-order valence-electron chi connectivity index (χ2n) is 3.72. The molecule has 0 amide bonds. The van der Waals surface area contributed by atoms with Crippen molar-refractivity contribution >= 4 is 29.3 Å². The number of hydrogen-bond acceptors (Lipinski definition) is 5. The summed E-state index contributed by atoms with van der Waals surface area (Å²) in [7, 11) is 0. The first kappa shape index (κ1) is 13.2. The summed E-state index contributed by atoms with van der Waals surface area (Å²) in [5.74, 6) is 1.46. The molecule has 1 N–H and O–H groups in total. The van der Waals surface area contributed by atoms with Crippen molar-refractivity contribution in [2.75, 3.05) is 11.9 Å². The molecule has 0 aromatic carbocycles. The number of nitrogens with zero attached hydrogens (tertiary/aromatic N) is 2. The van der Waals surface area contributed by atoms with E-state index in [2.05, 4.69) is 22.2 Å². The number of rotatable bonds is 5. The molecule has 4 nitrogen and oxygen atoms in total. The van der Waals surface area contributed by atoms with E-state index in [-0.39, 0.29) is 0 Å². The molecule has 6 heteroatoms. The Kier molecular flexibility index (Phi) is 4.49. The highest BCUT2D eigenvalue weighted by molar-refractivity contribution is 7.99. The molecular weight excluding hydrogens is 270 g/mol. The van der Waals surface area contributed by atoms with Gasteiger partial charge in [0.05, 0.1) is 22.4 Å². The second kappa shape index (κ2) is 6.11. The molecule has 0 spiro atoms. The van der Waals surface area contributed by atoms with Gasteiger partial charge < -0.3 is 9.73 Å². The molecular formula is C12H14ClN3OS. The Labute approximate surface area is 115 Å². The highest BCUT2D eigenvalue weighted by Gasteiger charge is 2.10. The van der Waals surface area contributed by atoms with E-state index in [1.807, 2.05) is 13.0 Å². The fraction of sp³-hybridized carbons (Fsp3) is 0.333. The lowest BCUT2D eigenvalue weighted by Gasteiger charge is -2.06. The van der Waals surface area contributed by atoms with Crippen LogP contribution in [0.3, 0.4) is 0 Å². The Morgan fingerprint density at radius 3 is 3.00 bits per heavy atom. The van der Waals surface area contributed by atoms with Gasteiger partial charge in [0.1, 0.15) is 10.8 Å². The Balaban J connectivity index is 2.18. The minimum absolute atomic E-state index is 0.544. The lowest BCUT2D eigenvalue weighted by Crippen LogP contribution is -2.04. The molecule has 0 saturated carbocycles. The van der Waals surface area contributed by atoms with Crippen LogP contribution in [0.4, 0.5) is 5.95 Å². The number of anilines is 1. The van der Waals surface area contributed by atoms with Crippen molar-refractivity contribution in [2.24, 2.45) is 0 Å². The third-order valence-electron chi connectivity index (χ3n) is 2.26. The van der Waals surface area contributed by atoms with Crippen molar-refractivity contribution in [3.63, 3.8) is 0 Å². The summed E-state index contributed by atoms with van der Waals surface area (Å²) in [4.78, 5) is 9.54. The molecule has 18 heavy (non-hydrogen) atoms. The highest BCUT2D eigenvalue weighted by atomic mass is 35.5. The minimum atomic E-state index is 0.544. The van der Waals surface area contributed by atoms with Gasteiger partial charge >= 0.3 is 0 Å². The molecule has 0 saturated heterocycles. The predicted octanol–water partition coefficient (Wildman–Crippen LogP) is 4.00. The zero-order valence-corrected chi connectivity index (χ0v) is 11.8. The number of aryl methyl sites for hydroxylation is 1. The van der Waals surface area contributed by atoms with Crippen molar-refractivity contribution in [3.8, 4) is 0 Å². The molecule has 2 heterocycles. The van der Waals surface area contributed by atoms with Crippen LogP contribution in [0, 0.1) is 6.92 Å². The molecule has 0 unspecified atom stereocenters. The monoisotopic (exact) mass is 283 g/mol. The number of furan rings is 1. The van der Waals surface area contributed by atoms with Crippen LogP contribution in [0.2, 0.25) is 5.02 Å². The van der Waals surface area contributed by atoms with Crippen LogP contribution in [0.5, 0.6) is 0 Å². The second-order valence-corrected chi connectivity index (χ2v) is 5.15. The van der Waals surface area contributed by atoms with Gasteiger partial charge in [-0.25, -0.2) is 9.97 Å². The third-order valence-corrected chi connectivity index (χ3v) is 3.80. The van der Waals surface area contributed by atoms with E-state index in [1.54, 1.807) is 12.5 Å². The van der Waals surface area contributed by atoms with Crippen molar-refractivity contribution in [2.45, 2.75) is 30.2 Å². The lowest BCUT2D eigenvalue weighted by atomic mass is 10.5. The maximum Gasteiger partial charge on any atom is 0.223 e. The van der Waals surface area contributed by atoms with Crippen LogP contribution in [0.1, 0.15) is 19.1 Å². The van der Waals surface area contributed by atoms with Crippen molar-refractivity contribution in [1.29, 1.82) is 0 Å². The van der Waals surface area contributed by atoms with Gasteiger partial charge in [-0.1, -0.05) is 30.3 Å². The summed E-state index contributed by atoms with van der Waals surface area (Å²) >= 11 is 7.57. The van der Waals surface area contributed by atoms with Crippen LogP contribution in [0.15, 0.2) is 32.9 Å². The van der Waals surface area contributed by atoms with Gasteiger partial charge in [-0.2, -0.15) is 0 Å². The minimum Gasteiger partial charge on any atom is -0.468 e. The zero-order chi connectivity index (χ0) is 13.0. The molecule has 0 aliphatic rings. The largest absolute Gasteiger partial charge is 0.468 e. The van der Waals surface area contributed by atoms with E-state index in [1.165, 1.54) is 11.8 Å². The van der Waals surface area contributed by atoms with E-state index < -0.39 is 0 Å². The van der Waals surface area contributed by atoms with E-state index in [9.17, 15) is 0 Å². The highest BCUT2D eigenvalue weighted by Crippen LogP contribution is 2.34. The lowest BCUT2D eigenvalue weighted by molar-refractivity contribution is 0.527. The van der Waals surface area contributed by atoms with Crippen LogP contribution in [0.25, 0.3) is 0 Å². The Hall–Kier alpha value is -1.20. The maximum atomic E-state index is 6.10. The summed E-state index contributed by atoms with van der Waals surface area (Å²) in [5.41, 5.74) is 0. The molecule has 2 aromatic rings. The molecule has 0 aliphatic carbocycles. The quantitative estimate of drug-likeness (QED) is 0.841.